The molecule has 1 unspecified atom stereocenters. The van der Waals surface area contributed by atoms with Crippen molar-refractivity contribution in [3.63, 3.8) is 0 Å². The number of rotatable bonds is 6. The first-order valence-electron chi connectivity index (χ1n) is 13.9. The number of para-hydroxylation sites is 1. The molecule has 5 aromatic carbocycles. The van der Waals surface area contributed by atoms with Crippen LogP contribution >= 0.6 is 0 Å². The second-order valence-electron chi connectivity index (χ2n) is 10.3. The molecule has 1 amide bonds. The molecule has 44 heavy (non-hydrogen) atoms. The Kier molecular flexibility index (Phi) is 10.5. The number of carboxylic acids is 1. The van der Waals surface area contributed by atoms with E-state index >= 15 is 0 Å². The van der Waals surface area contributed by atoms with Crippen molar-refractivity contribution < 1.29 is 24.3 Å². The molecule has 1 aliphatic carbocycles. The lowest BCUT2D eigenvalue weighted by Gasteiger charge is -2.27. The van der Waals surface area contributed by atoms with Crippen LogP contribution in [0.3, 0.4) is 0 Å². The molecular weight excluding hydrogens is 552 g/mol. The first-order chi connectivity index (χ1) is 21.3. The maximum atomic E-state index is 12.2. The SMILES string of the molecule is CC1(C(=O)NNc2ccccc2)C=CC=C(C(=O)O)C1.O=Cc1cccc2ccccc12.O=Cc1cccc2ccccc12. The Labute approximate surface area is 255 Å². The number of anilines is 1. The molecule has 0 fully saturated rings. The summed E-state index contributed by atoms with van der Waals surface area (Å²) in [6, 6.07) is 36.4. The summed E-state index contributed by atoms with van der Waals surface area (Å²) in [4.78, 5) is 44.5. The van der Waals surface area contributed by atoms with Crippen LogP contribution in [0.5, 0.6) is 0 Å². The second-order valence-corrected chi connectivity index (χ2v) is 10.3. The van der Waals surface area contributed by atoms with E-state index in [0.717, 1.165) is 50.9 Å². The molecule has 0 saturated heterocycles. The quantitative estimate of drug-likeness (QED) is 0.142. The van der Waals surface area contributed by atoms with Crippen molar-refractivity contribution in [2.45, 2.75) is 13.3 Å². The third-order valence-electron chi connectivity index (χ3n) is 7.11. The zero-order chi connectivity index (χ0) is 31.4. The molecule has 220 valence electrons. The topological polar surface area (TPSA) is 113 Å². The minimum Gasteiger partial charge on any atom is -0.478 e. The largest absolute Gasteiger partial charge is 0.478 e. The van der Waals surface area contributed by atoms with Crippen LogP contribution in [0.1, 0.15) is 34.1 Å². The average Bonchev–Trinajstić information content (AvgIpc) is 3.07. The van der Waals surface area contributed by atoms with Crippen LogP contribution in [0, 0.1) is 5.41 Å². The van der Waals surface area contributed by atoms with Crippen molar-refractivity contribution >= 4 is 51.7 Å². The van der Waals surface area contributed by atoms with Gasteiger partial charge in [-0.25, -0.2) is 4.79 Å². The number of hydrogen-bond donors (Lipinski definition) is 3. The maximum Gasteiger partial charge on any atom is 0.331 e. The highest BCUT2D eigenvalue weighted by Crippen LogP contribution is 2.31. The molecule has 0 heterocycles. The monoisotopic (exact) mass is 584 g/mol. The molecule has 0 saturated carbocycles. The number of carbonyl (C=O) groups excluding carboxylic acids is 3. The van der Waals surface area contributed by atoms with E-state index in [1.807, 2.05) is 115 Å². The van der Waals surface area contributed by atoms with E-state index in [1.54, 1.807) is 19.1 Å². The van der Waals surface area contributed by atoms with Gasteiger partial charge in [0, 0.05) is 16.7 Å². The van der Waals surface area contributed by atoms with E-state index in [9.17, 15) is 19.2 Å². The van der Waals surface area contributed by atoms with Gasteiger partial charge in [-0.05, 0) is 47.0 Å². The number of nitrogens with one attached hydrogen (secondary N) is 2. The summed E-state index contributed by atoms with van der Waals surface area (Å²) in [5, 5.41) is 13.3. The summed E-state index contributed by atoms with van der Waals surface area (Å²) in [7, 11) is 0. The number of hydrazine groups is 1. The van der Waals surface area contributed by atoms with Crippen molar-refractivity contribution in [1.82, 2.24) is 5.43 Å². The number of allylic oxidation sites excluding steroid dienone is 2. The van der Waals surface area contributed by atoms with Crippen molar-refractivity contribution in [1.29, 1.82) is 0 Å². The lowest BCUT2D eigenvalue weighted by molar-refractivity contribution is -0.133. The average molecular weight is 585 g/mol. The fourth-order valence-corrected chi connectivity index (χ4v) is 4.69. The van der Waals surface area contributed by atoms with Gasteiger partial charge in [-0.15, -0.1) is 0 Å². The first-order valence-corrected chi connectivity index (χ1v) is 13.9. The predicted molar refractivity (Wildman–Crippen MR) is 174 cm³/mol. The van der Waals surface area contributed by atoms with E-state index in [-0.39, 0.29) is 17.9 Å². The highest BCUT2D eigenvalue weighted by molar-refractivity contribution is 5.98. The molecular formula is C37H32N2O5. The molecule has 7 heteroatoms. The van der Waals surface area contributed by atoms with Gasteiger partial charge < -0.3 is 5.11 Å². The van der Waals surface area contributed by atoms with E-state index < -0.39 is 11.4 Å². The third kappa shape index (κ3) is 7.92. The number of carbonyl (C=O) groups is 4. The number of carboxylic acid groups (broad SMARTS) is 1. The van der Waals surface area contributed by atoms with Gasteiger partial charge in [0.15, 0.2) is 12.6 Å². The van der Waals surface area contributed by atoms with Gasteiger partial charge in [0.1, 0.15) is 0 Å². The molecule has 1 atom stereocenters. The number of hydrogen-bond acceptors (Lipinski definition) is 5. The van der Waals surface area contributed by atoms with Crippen LogP contribution in [0.2, 0.25) is 0 Å². The van der Waals surface area contributed by atoms with Gasteiger partial charge in [0.25, 0.3) is 0 Å². The Morgan fingerprint density at radius 3 is 1.73 bits per heavy atom. The van der Waals surface area contributed by atoms with Gasteiger partial charge in [0.05, 0.1) is 11.1 Å². The van der Waals surface area contributed by atoms with Crippen molar-refractivity contribution in [3.8, 4) is 0 Å². The van der Waals surface area contributed by atoms with Crippen LogP contribution in [0.25, 0.3) is 21.5 Å². The minimum atomic E-state index is -0.996. The zero-order valence-electron chi connectivity index (χ0n) is 24.1. The predicted octanol–water partition coefficient (Wildman–Crippen LogP) is 7.41. The fourth-order valence-electron chi connectivity index (χ4n) is 4.69. The van der Waals surface area contributed by atoms with Gasteiger partial charge >= 0.3 is 5.97 Å². The number of fused-ring (bicyclic) bond motifs is 2. The molecule has 1 aliphatic rings. The standard InChI is InChI=1S/C15H16N2O3.2C11H8O/c1-15(9-5-6-11(10-15)13(18)19)14(20)17-16-12-7-3-2-4-8-12;2*12-8-10-6-3-5-9-4-1-2-7-11(9)10/h2-9,16H,10H2,1H3,(H,17,20)(H,18,19);2*1-8H. The summed E-state index contributed by atoms with van der Waals surface area (Å²) in [6.45, 7) is 1.71. The summed E-state index contributed by atoms with van der Waals surface area (Å²) >= 11 is 0. The van der Waals surface area contributed by atoms with Crippen LogP contribution in [-0.2, 0) is 9.59 Å². The number of aldehydes is 2. The van der Waals surface area contributed by atoms with Crippen LogP contribution < -0.4 is 10.9 Å². The second kappa shape index (κ2) is 14.9. The minimum absolute atomic E-state index is 0.168. The van der Waals surface area contributed by atoms with E-state index in [4.69, 9.17) is 5.11 Å². The Morgan fingerprint density at radius 1 is 0.705 bits per heavy atom. The molecule has 6 rings (SSSR count). The third-order valence-corrected chi connectivity index (χ3v) is 7.11. The van der Waals surface area contributed by atoms with Crippen molar-refractivity contribution in [2.24, 2.45) is 5.41 Å². The lowest BCUT2D eigenvalue weighted by Crippen LogP contribution is -2.42. The van der Waals surface area contributed by atoms with Crippen LogP contribution in [0.4, 0.5) is 5.69 Å². The summed E-state index contributed by atoms with van der Waals surface area (Å²) < 4.78 is 0. The molecule has 5 aromatic rings. The van der Waals surface area contributed by atoms with Gasteiger partial charge in [-0.1, -0.05) is 121 Å². The van der Waals surface area contributed by atoms with Gasteiger partial charge in [-0.2, -0.15) is 0 Å². The van der Waals surface area contributed by atoms with Crippen molar-refractivity contribution in [2.75, 3.05) is 5.43 Å². The highest BCUT2D eigenvalue weighted by Gasteiger charge is 2.34. The van der Waals surface area contributed by atoms with E-state index in [2.05, 4.69) is 10.9 Å². The molecule has 0 spiro atoms. The Morgan fingerprint density at radius 2 is 1.20 bits per heavy atom. The summed E-state index contributed by atoms with van der Waals surface area (Å²) in [6.07, 6.45) is 6.78. The van der Waals surface area contributed by atoms with Crippen LogP contribution in [-0.4, -0.2) is 29.6 Å². The zero-order valence-corrected chi connectivity index (χ0v) is 24.1. The molecule has 0 radical (unpaired) electrons. The molecule has 3 N–H and O–H groups in total. The lowest BCUT2D eigenvalue weighted by atomic mass is 9.79. The van der Waals surface area contributed by atoms with E-state index in [1.165, 1.54) is 6.08 Å². The molecule has 0 aliphatic heterocycles. The van der Waals surface area contributed by atoms with Crippen molar-refractivity contribution in [3.05, 3.63) is 150 Å². The van der Waals surface area contributed by atoms with E-state index in [0.29, 0.717) is 0 Å². The normalized spacial score (nSPS) is 15.0. The molecule has 7 nitrogen and oxygen atoms in total. The smallest absolute Gasteiger partial charge is 0.331 e. The number of amides is 1. The highest BCUT2D eigenvalue weighted by atomic mass is 16.4. The van der Waals surface area contributed by atoms with Gasteiger partial charge in [-0.3, -0.25) is 25.2 Å². The maximum absolute atomic E-state index is 12.2. The number of aliphatic carboxylic acids is 1. The molecule has 0 bridgehead atoms. The first kappa shape index (κ1) is 31.1. The fraction of sp³-hybridized carbons (Fsp3) is 0.0811. The summed E-state index contributed by atoms with van der Waals surface area (Å²) in [5.41, 5.74) is 7.05. The van der Waals surface area contributed by atoms with Gasteiger partial charge in [0.2, 0.25) is 5.91 Å². The van der Waals surface area contributed by atoms with Crippen LogP contribution in [0.15, 0.2) is 139 Å². The molecule has 0 aromatic heterocycles. The number of benzene rings is 5. The Bertz CT molecular complexity index is 1750. The Balaban J connectivity index is 0.000000159. The Hall–Kier alpha value is -5.82. The summed E-state index contributed by atoms with van der Waals surface area (Å²) in [5.74, 6) is -1.27.